The summed E-state index contributed by atoms with van der Waals surface area (Å²) < 4.78 is 31.7. The highest BCUT2D eigenvalue weighted by Crippen LogP contribution is 2.23. The maximum Gasteiger partial charge on any atom is 0.275 e. The smallest absolute Gasteiger partial charge is 0.275 e. The van der Waals surface area contributed by atoms with Gasteiger partial charge in [0.25, 0.3) is 5.91 Å². The fourth-order valence-electron chi connectivity index (χ4n) is 2.13. The minimum Gasteiger partial charge on any atom is -0.455 e. The van der Waals surface area contributed by atoms with Crippen molar-refractivity contribution in [3.63, 3.8) is 0 Å². The number of carbonyl (C=O) groups excluding carboxylic acids is 1. The van der Waals surface area contributed by atoms with Crippen molar-refractivity contribution in [2.24, 2.45) is 0 Å². The van der Waals surface area contributed by atoms with Crippen LogP contribution < -0.4 is 10.1 Å². The normalized spacial score (nSPS) is 10.4. The molecule has 3 rings (SSSR count). The van der Waals surface area contributed by atoms with Crippen molar-refractivity contribution in [3.8, 4) is 11.5 Å². The van der Waals surface area contributed by atoms with Gasteiger partial charge in [0.1, 0.15) is 34.6 Å². The largest absolute Gasteiger partial charge is 0.455 e. The van der Waals surface area contributed by atoms with E-state index < -0.39 is 17.5 Å². The van der Waals surface area contributed by atoms with Crippen LogP contribution in [-0.4, -0.2) is 20.9 Å². The fraction of sp³-hybridized carbons (Fsp3) is 0.111. The molecule has 0 aliphatic carbocycles. The van der Waals surface area contributed by atoms with E-state index in [1.54, 1.807) is 6.07 Å². The molecule has 1 amide bonds. The molecule has 0 fully saturated rings. The Morgan fingerprint density at radius 2 is 1.92 bits per heavy atom. The zero-order valence-corrected chi connectivity index (χ0v) is 13.7. The summed E-state index contributed by atoms with van der Waals surface area (Å²) in [5.74, 6) is -0.856. The van der Waals surface area contributed by atoms with Crippen molar-refractivity contribution in [1.82, 2.24) is 15.0 Å². The third kappa shape index (κ3) is 4.35. The molecule has 0 atom stereocenters. The number of aryl methyl sites for hydroxylation is 1. The summed E-state index contributed by atoms with van der Waals surface area (Å²) in [4.78, 5) is 24.1. The third-order valence-electron chi connectivity index (χ3n) is 3.33. The molecule has 0 spiro atoms. The van der Waals surface area contributed by atoms with E-state index in [1.807, 2.05) is 6.92 Å². The number of hydrogen-bond acceptors (Lipinski definition) is 5. The maximum atomic E-state index is 13.2. The number of amides is 1. The van der Waals surface area contributed by atoms with Gasteiger partial charge in [-0.1, -0.05) is 6.92 Å². The fourth-order valence-corrected chi connectivity index (χ4v) is 2.13. The van der Waals surface area contributed by atoms with E-state index in [0.717, 1.165) is 12.4 Å². The number of aromatic nitrogens is 3. The summed E-state index contributed by atoms with van der Waals surface area (Å²) in [6.45, 7) is 1.87. The Morgan fingerprint density at radius 3 is 2.62 bits per heavy atom. The quantitative estimate of drug-likeness (QED) is 0.753. The molecule has 0 radical (unpaired) electrons. The first-order chi connectivity index (χ1) is 12.5. The number of nitrogens with zero attached hydrogens (tertiary/aromatic N) is 3. The Bertz CT molecular complexity index is 933. The Balaban J connectivity index is 1.84. The number of hydrogen-bond donors (Lipinski definition) is 1. The topological polar surface area (TPSA) is 77.0 Å². The summed E-state index contributed by atoms with van der Waals surface area (Å²) >= 11 is 0. The first kappa shape index (κ1) is 17.4. The standard InChI is InChI=1S/C18H14F2N4O2/c1-2-13-6-14(26-15-5-12(20)8-21-10-15)7-16(23-13)18(25)24-17-4-3-11(19)9-22-17/h3-10H,2H2,1H3,(H,22,24,25). The molecular formula is C18H14F2N4O2. The highest BCUT2D eigenvalue weighted by atomic mass is 19.1. The summed E-state index contributed by atoms with van der Waals surface area (Å²) in [6.07, 6.45) is 3.98. The van der Waals surface area contributed by atoms with Crippen molar-refractivity contribution >= 4 is 11.7 Å². The van der Waals surface area contributed by atoms with Crippen LogP contribution in [0.25, 0.3) is 0 Å². The second-order valence-electron chi connectivity index (χ2n) is 5.29. The highest BCUT2D eigenvalue weighted by Gasteiger charge is 2.13. The molecule has 6 nitrogen and oxygen atoms in total. The number of rotatable bonds is 5. The van der Waals surface area contributed by atoms with Gasteiger partial charge in [0, 0.05) is 23.9 Å². The molecule has 3 heterocycles. The number of anilines is 1. The van der Waals surface area contributed by atoms with E-state index in [4.69, 9.17) is 4.74 Å². The minimum atomic E-state index is -0.535. The van der Waals surface area contributed by atoms with Crippen LogP contribution in [0.2, 0.25) is 0 Å². The summed E-state index contributed by atoms with van der Waals surface area (Å²) in [7, 11) is 0. The Hall–Kier alpha value is -3.42. The van der Waals surface area contributed by atoms with E-state index in [-0.39, 0.29) is 17.3 Å². The molecule has 0 unspecified atom stereocenters. The van der Waals surface area contributed by atoms with Crippen molar-refractivity contribution in [2.75, 3.05) is 5.32 Å². The number of carbonyl (C=O) groups is 1. The average molecular weight is 356 g/mol. The van der Waals surface area contributed by atoms with Crippen LogP contribution >= 0.6 is 0 Å². The van der Waals surface area contributed by atoms with Crippen LogP contribution in [-0.2, 0) is 6.42 Å². The minimum absolute atomic E-state index is 0.0924. The van der Waals surface area contributed by atoms with Crippen molar-refractivity contribution < 1.29 is 18.3 Å². The van der Waals surface area contributed by atoms with E-state index in [2.05, 4.69) is 20.3 Å². The lowest BCUT2D eigenvalue weighted by atomic mass is 10.2. The van der Waals surface area contributed by atoms with Gasteiger partial charge in [-0.2, -0.15) is 0 Å². The van der Waals surface area contributed by atoms with Gasteiger partial charge in [-0.3, -0.25) is 9.78 Å². The summed E-state index contributed by atoms with van der Waals surface area (Å²) in [6, 6.07) is 6.78. The molecule has 8 heteroatoms. The van der Waals surface area contributed by atoms with Gasteiger partial charge in [0.05, 0.1) is 18.6 Å². The third-order valence-corrected chi connectivity index (χ3v) is 3.33. The summed E-state index contributed by atoms with van der Waals surface area (Å²) in [5.41, 5.74) is 0.707. The van der Waals surface area contributed by atoms with Gasteiger partial charge < -0.3 is 10.1 Å². The maximum absolute atomic E-state index is 13.2. The van der Waals surface area contributed by atoms with E-state index >= 15 is 0 Å². The second-order valence-corrected chi connectivity index (χ2v) is 5.29. The number of nitrogens with one attached hydrogen (secondary N) is 1. The molecule has 3 aromatic rings. The predicted molar refractivity (Wildman–Crippen MR) is 90.0 cm³/mol. The molecule has 0 bridgehead atoms. The van der Waals surface area contributed by atoms with Crippen LogP contribution in [0.5, 0.6) is 11.5 Å². The Labute approximate surface area is 147 Å². The molecule has 3 aromatic heterocycles. The molecule has 26 heavy (non-hydrogen) atoms. The molecule has 0 aliphatic rings. The molecule has 0 aromatic carbocycles. The van der Waals surface area contributed by atoms with Crippen molar-refractivity contribution in [3.05, 3.63) is 71.9 Å². The number of ether oxygens (including phenoxy) is 1. The Kier molecular flexibility index (Phi) is 5.12. The lowest BCUT2D eigenvalue weighted by molar-refractivity contribution is 0.102. The molecule has 0 aliphatic heterocycles. The van der Waals surface area contributed by atoms with E-state index in [9.17, 15) is 13.6 Å². The number of halogens is 2. The molecule has 1 N–H and O–H groups in total. The Morgan fingerprint density at radius 1 is 1.08 bits per heavy atom. The monoisotopic (exact) mass is 356 g/mol. The zero-order chi connectivity index (χ0) is 18.5. The van der Waals surface area contributed by atoms with Crippen LogP contribution in [0.4, 0.5) is 14.6 Å². The SMILES string of the molecule is CCc1cc(Oc2cncc(F)c2)cc(C(=O)Nc2ccc(F)cn2)n1. The number of pyridine rings is 3. The van der Waals surface area contributed by atoms with E-state index in [0.29, 0.717) is 17.9 Å². The van der Waals surface area contributed by atoms with Crippen LogP contribution in [0.3, 0.4) is 0 Å². The van der Waals surface area contributed by atoms with Gasteiger partial charge in [-0.25, -0.2) is 18.7 Å². The molecule has 0 saturated heterocycles. The first-order valence-corrected chi connectivity index (χ1v) is 7.76. The van der Waals surface area contributed by atoms with Crippen molar-refractivity contribution in [2.45, 2.75) is 13.3 Å². The molecule has 0 saturated carbocycles. The van der Waals surface area contributed by atoms with Gasteiger partial charge >= 0.3 is 0 Å². The lowest BCUT2D eigenvalue weighted by Gasteiger charge is -2.10. The molecule has 132 valence electrons. The summed E-state index contributed by atoms with van der Waals surface area (Å²) in [5, 5.41) is 2.53. The highest BCUT2D eigenvalue weighted by molar-refractivity contribution is 6.02. The second kappa shape index (κ2) is 7.64. The van der Waals surface area contributed by atoms with Crippen LogP contribution in [0, 0.1) is 11.6 Å². The van der Waals surface area contributed by atoms with Gasteiger partial charge in [-0.15, -0.1) is 0 Å². The van der Waals surface area contributed by atoms with Gasteiger partial charge in [-0.05, 0) is 18.6 Å². The zero-order valence-electron chi connectivity index (χ0n) is 13.7. The van der Waals surface area contributed by atoms with Crippen LogP contribution in [0.15, 0.2) is 48.9 Å². The van der Waals surface area contributed by atoms with E-state index in [1.165, 1.54) is 30.5 Å². The first-order valence-electron chi connectivity index (χ1n) is 7.76. The van der Waals surface area contributed by atoms with Gasteiger partial charge in [0.15, 0.2) is 0 Å². The van der Waals surface area contributed by atoms with Gasteiger partial charge in [0.2, 0.25) is 0 Å². The average Bonchev–Trinajstić information content (AvgIpc) is 2.63. The van der Waals surface area contributed by atoms with Crippen LogP contribution in [0.1, 0.15) is 23.1 Å². The van der Waals surface area contributed by atoms with Crippen molar-refractivity contribution in [1.29, 1.82) is 0 Å². The lowest BCUT2D eigenvalue weighted by Crippen LogP contribution is -2.15. The molecular weight excluding hydrogens is 342 g/mol. The predicted octanol–water partition coefficient (Wildman–Crippen LogP) is 3.76.